The van der Waals surface area contributed by atoms with E-state index in [2.05, 4.69) is 18.8 Å². The molecule has 0 N–H and O–H groups in total. The van der Waals surface area contributed by atoms with E-state index in [9.17, 15) is 18.0 Å². The Kier molecular flexibility index (Phi) is 9.16. The molecule has 0 fully saturated rings. The first-order chi connectivity index (χ1) is 16.5. The van der Waals surface area contributed by atoms with Crippen LogP contribution in [0.1, 0.15) is 60.5 Å². The molecule has 6 heteroatoms. The maximum absolute atomic E-state index is 14.4. The molecular weight excluding hydrogens is 441 g/mol. The van der Waals surface area contributed by atoms with Crippen LogP contribution in [0.25, 0.3) is 0 Å². The van der Waals surface area contributed by atoms with Gasteiger partial charge in [-0.25, -0.2) is 18.0 Å². The summed E-state index contributed by atoms with van der Waals surface area (Å²) in [5.74, 6) is 1.77. The Morgan fingerprint density at radius 1 is 0.794 bits per heavy atom. The second-order valence-electron chi connectivity index (χ2n) is 7.70. The molecule has 3 aromatic carbocycles. The summed E-state index contributed by atoms with van der Waals surface area (Å²) >= 11 is 0. The van der Waals surface area contributed by atoms with Gasteiger partial charge >= 0.3 is 5.97 Å². The maximum atomic E-state index is 14.4. The minimum Gasteiger partial charge on any atom is -0.494 e. The highest BCUT2D eigenvalue weighted by molar-refractivity contribution is 5.91. The van der Waals surface area contributed by atoms with Crippen LogP contribution in [0.4, 0.5) is 13.2 Å². The second kappa shape index (κ2) is 12.5. The molecule has 0 amide bonds. The topological polar surface area (TPSA) is 35.5 Å². The molecular formula is C28H25F3O3. The summed E-state index contributed by atoms with van der Waals surface area (Å²) in [5.41, 5.74) is 0.708. The Balaban J connectivity index is 1.60. The van der Waals surface area contributed by atoms with Crippen LogP contribution in [0.3, 0.4) is 0 Å². The molecule has 0 saturated heterocycles. The Labute approximate surface area is 197 Å². The SMILES string of the molecule is CCCCCCCOc1ccc(C#Cc2cc(F)c(OC(=O)c3ccc(F)cc3)c(F)c2)cc1. The van der Waals surface area contributed by atoms with Crippen molar-refractivity contribution < 1.29 is 27.4 Å². The second-order valence-corrected chi connectivity index (χ2v) is 7.70. The van der Waals surface area contributed by atoms with Gasteiger partial charge in [0.1, 0.15) is 11.6 Å². The van der Waals surface area contributed by atoms with Gasteiger partial charge in [0.05, 0.1) is 12.2 Å². The summed E-state index contributed by atoms with van der Waals surface area (Å²) in [4.78, 5) is 12.1. The summed E-state index contributed by atoms with van der Waals surface area (Å²) in [5, 5.41) is 0. The first-order valence-corrected chi connectivity index (χ1v) is 11.2. The summed E-state index contributed by atoms with van der Waals surface area (Å²) < 4.78 is 52.3. The van der Waals surface area contributed by atoms with Crippen molar-refractivity contribution in [2.75, 3.05) is 6.61 Å². The van der Waals surface area contributed by atoms with Gasteiger partial charge in [0.25, 0.3) is 0 Å². The van der Waals surface area contributed by atoms with E-state index in [0.29, 0.717) is 12.2 Å². The third-order valence-electron chi connectivity index (χ3n) is 5.00. The van der Waals surface area contributed by atoms with Crippen molar-refractivity contribution in [2.45, 2.75) is 39.0 Å². The molecule has 176 valence electrons. The van der Waals surface area contributed by atoms with Crippen LogP contribution < -0.4 is 9.47 Å². The zero-order valence-electron chi connectivity index (χ0n) is 18.9. The standard InChI is InChI=1S/C28H25F3O3/c1-2-3-4-5-6-17-33-24-15-9-20(10-16-24)7-8-21-18-25(30)27(26(31)19-21)34-28(32)22-11-13-23(29)14-12-22/h9-16,18-19H,2-6,17H2,1H3. The van der Waals surface area contributed by atoms with Crippen LogP contribution in [0.5, 0.6) is 11.5 Å². The number of rotatable bonds is 9. The normalized spacial score (nSPS) is 10.4. The zero-order chi connectivity index (χ0) is 24.3. The molecule has 0 unspecified atom stereocenters. The molecule has 3 rings (SSSR count). The van der Waals surface area contributed by atoms with Gasteiger partial charge in [-0.2, -0.15) is 0 Å². The van der Waals surface area contributed by atoms with E-state index < -0.39 is 29.2 Å². The van der Waals surface area contributed by atoms with E-state index in [0.717, 1.165) is 55.0 Å². The van der Waals surface area contributed by atoms with Crippen LogP contribution in [0, 0.1) is 29.3 Å². The maximum Gasteiger partial charge on any atom is 0.343 e. The fourth-order valence-corrected chi connectivity index (χ4v) is 3.14. The monoisotopic (exact) mass is 466 g/mol. The number of unbranched alkanes of at least 4 members (excludes halogenated alkanes) is 4. The number of hydrogen-bond acceptors (Lipinski definition) is 3. The number of carbonyl (C=O) groups is 1. The number of halogens is 3. The molecule has 3 nitrogen and oxygen atoms in total. The van der Waals surface area contributed by atoms with Gasteiger partial charge in [-0.1, -0.05) is 44.4 Å². The smallest absolute Gasteiger partial charge is 0.343 e. The fraction of sp³-hybridized carbons (Fsp3) is 0.250. The minimum absolute atomic E-state index is 0.0343. The molecule has 0 bridgehead atoms. The fourth-order valence-electron chi connectivity index (χ4n) is 3.14. The summed E-state index contributed by atoms with van der Waals surface area (Å²) in [6.07, 6.45) is 5.82. The molecule has 0 aliphatic carbocycles. The van der Waals surface area contributed by atoms with Crippen LogP contribution in [-0.4, -0.2) is 12.6 Å². The van der Waals surface area contributed by atoms with Crippen molar-refractivity contribution in [2.24, 2.45) is 0 Å². The molecule has 0 aliphatic rings. The molecule has 34 heavy (non-hydrogen) atoms. The lowest BCUT2D eigenvalue weighted by molar-refractivity contribution is 0.0720. The van der Waals surface area contributed by atoms with E-state index >= 15 is 0 Å². The number of carbonyl (C=O) groups excluding carboxylic acids is 1. The average Bonchev–Trinajstić information content (AvgIpc) is 2.83. The average molecular weight is 466 g/mol. The van der Waals surface area contributed by atoms with Crippen molar-refractivity contribution in [1.29, 1.82) is 0 Å². The highest BCUT2D eigenvalue weighted by Gasteiger charge is 2.17. The van der Waals surface area contributed by atoms with Gasteiger partial charge in [-0.15, -0.1) is 0 Å². The number of hydrogen-bond donors (Lipinski definition) is 0. The van der Waals surface area contributed by atoms with Crippen molar-refractivity contribution in [3.8, 4) is 23.3 Å². The van der Waals surface area contributed by atoms with Gasteiger partial charge < -0.3 is 9.47 Å². The minimum atomic E-state index is -1.07. The third-order valence-corrected chi connectivity index (χ3v) is 5.00. The van der Waals surface area contributed by atoms with Crippen LogP contribution in [-0.2, 0) is 0 Å². The van der Waals surface area contributed by atoms with Crippen LogP contribution in [0.2, 0.25) is 0 Å². The van der Waals surface area contributed by atoms with E-state index in [1.807, 2.05) is 0 Å². The Morgan fingerprint density at radius 3 is 2.06 bits per heavy atom. The van der Waals surface area contributed by atoms with Gasteiger partial charge in [0, 0.05) is 11.1 Å². The lowest BCUT2D eigenvalue weighted by Crippen LogP contribution is -2.11. The molecule has 3 aromatic rings. The highest BCUT2D eigenvalue weighted by Crippen LogP contribution is 2.24. The van der Waals surface area contributed by atoms with Gasteiger partial charge in [0.15, 0.2) is 11.6 Å². The Morgan fingerprint density at radius 2 is 1.41 bits per heavy atom. The van der Waals surface area contributed by atoms with Gasteiger partial charge in [-0.05, 0) is 67.1 Å². The quantitative estimate of drug-likeness (QED) is 0.146. The molecule has 0 radical (unpaired) electrons. The van der Waals surface area contributed by atoms with Gasteiger partial charge in [-0.3, -0.25) is 0 Å². The number of ether oxygens (including phenoxy) is 2. The van der Waals surface area contributed by atoms with Crippen molar-refractivity contribution in [3.63, 3.8) is 0 Å². The highest BCUT2D eigenvalue weighted by atomic mass is 19.1. The summed E-state index contributed by atoms with van der Waals surface area (Å²) in [6.45, 7) is 2.84. The van der Waals surface area contributed by atoms with E-state index in [-0.39, 0.29) is 11.1 Å². The molecule has 0 heterocycles. The van der Waals surface area contributed by atoms with Crippen molar-refractivity contribution in [3.05, 3.63) is 94.8 Å². The lowest BCUT2D eigenvalue weighted by Gasteiger charge is -2.07. The number of benzene rings is 3. The number of esters is 1. The first-order valence-electron chi connectivity index (χ1n) is 11.2. The summed E-state index contributed by atoms with van der Waals surface area (Å²) in [6, 6.07) is 13.5. The first kappa shape index (κ1) is 24.9. The van der Waals surface area contributed by atoms with Gasteiger partial charge in [0.2, 0.25) is 5.75 Å². The third kappa shape index (κ3) is 7.41. The van der Waals surface area contributed by atoms with Crippen molar-refractivity contribution >= 4 is 5.97 Å². The Hall–Kier alpha value is -3.72. The van der Waals surface area contributed by atoms with E-state index in [1.165, 1.54) is 19.3 Å². The summed E-state index contributed by atoms with van der Waals surface area (Å²) in [7, 11) is 0. The molecule has 0 atom stereocenters. The van der Waals surface area contributed by atoms with E-state index in [1.54, 1.807) is 24.3 Å². The molecule has 0 saturated carbocycles. The predicted molar refractivity (Wildman–Crippen MR) is 124 cm³/mol. The van der Waals surface area contributed by atoms with E-state index in [4.69, 9.17) is 9.47 Å². The molecule has 0 spiro atoms. The zero-order valence-corrected chi connectivity index (χ0v) is 18.9. The predicted octanol–water partition coefficient (Wildman–Crippen LogP) is 7.07. The van der Waals surface area contributed by atoms with Crippen LogP contribution in [0.15, 0.2) is 60.7 Å². The lowest BCUT2D eigenvalue weighted by atomic mass is 10.1. The molecule has 0 aliphatic heterocycles. The molecule has 0 aromatic heterocycles. The van der Waals surface area contributed by atoms with Crippen molar-refractivity contribution in [1.82, 2.24) is 0 Å². The Bertz CT molecular complexity index is 1140. The largest absolute Gasteiger partial charge is 0.494 e. The van der Waals surface area contributed by atoms with Crippen LogP contribution >= 0.6 is 0 Å².